The molecule has 0 spiro atoms. The number of halogens is 2. The first-order valence-electron chi connectivity index (χ1n) is 3.58. The summed E-state index contributed by atoms with van der Waals surface area (Å²) in [5.41, 5.74) is 0. The lowest BCUT2D eigenvalue weighted by molar-refractivity contribution is -0.130. The molecule has 0 aromatic carbocycles. The molecule has 0 heterocycles. The summed E-state index contributed by atoms with van der Waals surface area (Å²) >= 11 is 0. The summed E-state index contributed by atoms with van der Waals surface area (Å²) in [6.45, 7) is 1.70. The van der Waals surface area contributed by atoms with Crippen LogP contribution in [-0.4, -0.2) is 17.5 Å². The molecule has 4 heteroatoms. The summed E-state index contributed by atoms with van der Waals surface area (Å²) < 4.78 is 23.6. The molecule has 0 aromatic rings. The van der Waals surface area contributed by atoms with Crippen molar-refractivity contribution in [2.24, 2.45) is 5.92 Å². The van der Waals surface area contributed by atoms with E-state index in [9.17, 15) is 13.6 Å². The molecule has 0 aliphatic heterocycles. The lowest BCUT2D eigenvalue weighted by Crippen LogP contribution is -2.03. The van der Waals surface area contributed by atoms with Crippen LogP contribution >= 0.6 is 0 Å². The van der Waals surface area contributed by atoms with E-state index < -0.39 is 18.3 Å². The van der Waals surface area contributed by atoms with Crippen LogP contribution in [0.2, 0.25) is 0 Å². The van der Waals surface area contributed by atoms with E-state index in [1.54, 1.807) is 6.92 Å². The molecule has 2 nitrogen and oxygen atoms in total. The Balaban J connectivity index is 4.02. The predicted molar refractivity (Wildman–Crippen MR) is 39.8 cm³/mol. The Morgan fingerprint density at radius 2 is 2.17 bits per heavy atom. The Kier molecular flexibility index (Phi) is 5.02. The molecule has 0 saturated heterocycles. The molecule has 0 saturated carbocycles. The SMILES string of the molecule is CCC(C#CC(=O)O)CC(F)F. The molecule has 0 aromatic heterocycles. The van der Waals surface area contributed by atoms with Crippen LogP contribution in [0.25, 0.3) is 0 Å². The van der Waals surface area contributed by atoms with Gasteiger partial charge in [-0.05, 0) is 6.42 Å². The summed E-state index contributed by atoms with van der Waals surface area (Å²) in [7, 11) is 0. The third kappa shape index (κ3) is 5.66. The fraction of sp³-hybridized carbons (Fsp3) is 0.625. The van der Waals surface area contributed by atoms with E-state index >= 15 is 0 Å². The molecule has 1 N–H and O–H groups in total. The summed E-state index contributed by atoms with van der Waals surface area (Å²) in [6, 6.07) is 0. The smallest absolute Gasteiger partial charge is 0.381 e. The van der Waals surface area contributed by atoms with Crippen molar-refractivity contribution in [2.45, 2.75) is 26.2 Å². The van der Waals surface area contributed by atoms with E-state index in [-0.39, 0.29) is 6.42 Å². The maximum atomic E-state index is 11.8. The van der Waals surface area contributed by atoms with Gasteiger partial charge in [-0.25, -0.2) is 13.6 Å². The number of carboxylic acid groups (broad SMARTS) is 1. The maximum absolute atomic E-state index is 11.8. The van der Waals surface area contributed by atoms with Crippen LogP contribution in [0, 0.1) is 17.8 Å². The van der Waals surface area contributed by atoms with Crippen LogP contribution in [0.3, 0.4) is 0 Å². The number of hydrogen-bond acceptors (Lipinski definition) is 1. The largest absolute Gasteiger partial charge is 0.472 e. The van der Waals surface area contributed by atoms with Crippen molar-refractivity contribution >= 4 is 5.97 Å². The number of alkyl halides is 2. The van der Waals surface area contributed by atoms with Crippen molar-refractivity contribution in [3.63, 3.8) is 0 Å². The number of aliphatic carboxylic acids is 1. The van der Waals surface area contributed by atoms with Crippen LogP contribution in [0.4, 0.5) is 8.78 Å². The van der Waals surface area contributed by atoms with Crippen molar-refractivity contribution < 1.29 is 18.7 Å². The molecule has 0 bridgehead atoms. The summed E-state index contributed by atoms with van der Waals surface area (Å²) in [4.78, 5) is 9.94. The zero-order valence-electron chi connectivity index (χ0n) is 6.68. The fourth-order valence-corrected chi connectivity index (χ4v) is 0.707. The predicted octanol–water partition coefficient (Wildman–Crippen LogP) is 1.76. The minimum atomic E-state index is -2.42. The van der Waals surface area contributed by atoms with E-state index in [4.69, 9.17) is 5.11 Å². The topological polar surface area (TPSA) is 37.3 Å². The molecule has 1 atom stereocenters. The van der Waals surface area contributed by atoms with Gasteiger partial charge >= 0.3 is 5.97 Å². The molecule has 0 fully saturated rings. The first-order chi connectivity index (χ1) is 5.56. The Bertz CT molecular complexity index is 203. The average Bonchev–Trinajstić information content (AvgIpc) is 1.97. The van der Waals surface area contributed by atoms with Gasteiger partial charge in [0, 0.05) is 18.3 Å². The number of hydrogen-bond donors (Lipinski definition) is 1. The summed E-state index contributed by atoms with van der Waals surface area (Å²) in [5.74, 6) is 2.32. The van der Waals surface area contributed by atoms with Gasteiger partial charge in [-0.15, -0.1) is 0 Å². The zero-order valence-corrected chi connectivity index (χ0v) is 6.68. The normalized spacial score (nSPS) is 12.0. The van der Waals surface area contributed by atoms with Crippen molar-refractivity contribution in [1.29, 1.82) is 0 Å². The van der Waals surface area contributed by atoms with Gasteiger partial charge < -0.3 is 5.11 Å². The third-order valence-corrected chi connectivity index (χ3v) is 1.34. The molecule has 0 aliphatic carbocycles. The van der Waals surface area contributed by atoms with Crippen molar-refractivity contribution in [3.05, 3.63) is 0 Å². The van der Waals surface area contributed by atoms with Crippen LogP contribution in [-0.2, 0) is 4.79 Å². The van der Waals surface area contributed by atoms with Crippen LogP contribution in [0.1, 0.15) is 19.8 Å². The fourth-order valence-electron chi connectivity index (χ4n) is 0.707. The quantitative estimate of drug-likeness (QED) is 0.665. The number of carbonyl (C=O) groups is 1. The van der Waals surface area contributed by atoms with Crippen LogP contribution in [0.15, 0.2) is 0 Å². The van der Waals surface area contributed by atoms with Gasteiger partial charge in [0.15, 0.2) is 0 Å². The molecule has 12 heavy (non-hydrogen) atoms. The van der Waals surface area contributed by atoms with E-state index in [0.717, 1.165) is 0 Å². The van der Waals surface area contributed by atoms with E-state index in [1.165, 1.54) is 0 Å². The molecule has 0 radical (unpaired) electrons. The minimum Gasteiger partial charge on any atom is -0.472 e. The van der Waals surface area contributed by atoms with Gasteiger partial charge in [-0.2, -0.15) is 0 Å². The highest BCUT2D eigenvalue weighted by atomic mass is 19.3. The van der Waals surface area contributed by atoms with Gasteiger partial charge in [0.1, 0.15) is 0 Å². The highest BCUT2D eigenvalue weighted by Crippen LogP contribution is 2.12. The second kappa shape index (κ2) is 5.53. The molecular formula is C8H10F2O2. The van der Waals surface area contributed by atoms with Crippen LogP contribution < -0.4 is 0 Å². The Morgan fingerprint density at radius 3 is 2.50 bits per heavy atom. The van der Waals surface area contributed by atoms with Gasteiger partial charge in [0.05, 0.1) is 0 Å². The molecule has 68 valence electrons. The lowest BCUT2D eigenvalue weighted by Gasteiger charge is -2.04. The Hall–Kier alpha value is -1.11. The summed E-state index contributed by atoms with van der Waals surface area (Å²) in [6.07, 6.45) is -2.32. The first-order valence-corrected chi connectivity index (χ1v) is 3.58. The standard InChI is InChI=1S/C8H10F2O2/c1-2-6(5-7(9)10)3-4-8(11)12/h6-7H,2,5H2,1H3,(H,11,12). The van der Waals surface area contributed by atoms with E-state index in [0.29, 0.717) is 6.42 Å². The minimum absolute atomic E-state index is 0.350. The monoisotopic (exact) mass is 176 g/mol. The molecule has 0 aliphatic rings. The second-order valence-corrected chi connectivity index (χ2v) is 2.31. The molecule has 0 amide bonds. The summed E-state index contributed by atoms with van der Waals surface area (Å²) in [5, 5.41) is 8.13. The first kappa shape index (κ1) is 10.9. The van der Waals surface area contributed by atoms with Crippen molar-refractivity contribution in [1.82, 2.24) is 0 Å². The highest BCUT2D eigenvalue weighted by Gasteiger charge is 2.10. The van der Waals surface area contributed by atoms with Gasteiger partial charge in [0.25, 0.3) is 0 Å². The Labute approximate surface area is 69.6 Å². The third-order valence-electron chi connectivity index (χ3n) is 1.34. The van der Waals surface area contributed by atoms with E-state index in [1.807, 2.05) is 5.92 Å². The van der Waals surface area contributed by atoms with Crippen molar-refractivity contribution in [2.75, 3.05) is 0 Å². The maximum Gasteiger partial charge on any atom is 0.381 e. The molecular weight excluding hydrogens is 166 g/mol. The van der Waals surface area contributed by atoms with Crippen LogP contribution in [0.5, 0.6) is 0 Å². The molecule has 0 rings (SSSR count). The highest BCUT2D eigenvalue weighted by molar-refractivity contribution is 5.86. The Morgan fingerprint density at radius 1 is 1.58 bits per heavy atom. The average molecular weight is 176 g/mol. The van der Waals surface area contributed by atoms with Crippen molar-refractivity contribution in [3.8, 4) is 11.8 Å². The zero-order chi connectivity index (χ0) is 9.56. The lowest BCUT2D eigenvalue weighted by atomic mass is 10.0. The number of rotatable bonds is 3. The second-order valence-electron chi connectivity index (χ2n) is 2.31. The van der Waals surface area contributed by atoms with Gasteiger partial charge in [-0.1, -0.05) is 12.8 Å². The van der Waals surface area contributed by atoms with Gasteiger partial charge in [-0.3, -0.25) is 0 Å². The van der Waals surface area contributed by atoms with E-state index in [2.05, 4.69) is 5.92 Å². The number of carboxylic acids is 1. The van der Waals surface area contributed by atoms with Gasteiger partial charge in [0.2, 0.25) is 6.43 Å². The molecule has 1 unspecified atom stereocenters.